The second-order valence-electron chi connectivity index (χ2n) is 6.63. The van der Waals surface area contributed by atoms with Crippen molar-refractivity contribution in [2.45, 2.75) is 25.9 Å². The van der Waals surface area contributed by atoms with Crippen LogP contribution in [0.2, 0.25) is 0 Å². The van der Waals surface area contributed by atoms with Gasteiger partial charge < -0.3 is 21.3 Å². The maximum atomic E-state index is 13.0. The third-order valence-corrected chi connectivity index (χ3v) is 4.14. The number of halogens is 1. The number of nitrogens with zero attached hydrogens (tertiary/aromatic N) is 7. The number of nitrogens with one attached hydrogen (secondary N) is 3. The lowest BCUT2D eigenvalue weighted by molar-refractivity contribution is 0.508. The Hall–Kier alpha value is -3.41. The molecule has 1 fully saturated rings. The number of hydrogen-bond acceptors (Lipinski definition) is 10. The second kappa shape index (κ2) is 7.31. The van der Waals surface area contributed by atoms with Crippen LogP contribution >= 0.6 is 0 Å². The molecule has 0 radical (unpaired) electrons. The summed E-state index contributed by atoms with van der Waals surface area (Å²) in [6.45, 7) is 5.07. The molecule has 4 heterocycles. The van der Waals surface area contributed by atoms with Crippen LogP contribution in [0.1, 0.15) is 24.5 Å². The average Bonchev–Trinajstić information content (AvgIpc) is 3.04. The predicted molar refractivity (Wildman–Crippen MR) is 101 cm³/mol. The fourth-order valence-corrected chi connectivity index (χ4v) is 2.70. The van der Waals surface area contributed by atoms with E-state index in [0.29, 0.717) is 42.6 Å². The van der Waals surface area contributed by atoms with Crippen molar-refractivity contribution in [1.82, 2.24) is 35.1 Å². The third-order valence-electron chi connectivity index (χ3n) is 4.14. The molecule has 4 rings (SSSR count). The summed E-state index contributed by atoms with van der Waals surface area (Å²) in [5.74, 6) is 1.70. The number of aryl methyl sites for hydroxylation is 1. The van der Waals surface area contributed by atoms with E-state index in [-0.39, 0.29) is 12.1 Å². The summed E-state index contributed by atoms with van der Waals surface area (Å²) in [7, 11) is 0. The highest BCUT2D eigenvalue weighted by Crippen LogP contribution is 2.22. The van der Waals surface area contributed by atoms with Crippen LogP contribution in [0.5, 0.6) is 0 Å². The van der Waals surface area contributed by atoms with E-state index >= 15 is 0 Å². The molecule has 1 aliphatic rings. The van der Waals surface area contributed by atoms with Gasteiger partial charge in [-0.15, -0.1) is 0 Å². The van der Waals surface area contributed by atoms with E-state index in [1.165, 1.54) is 0 Å². The highest BCUT2D eigenvalue weighted by atomic mass is 19.1. The predicted octanol–water partition coefficient (Wildman–Crippen LogP) is 0.896. The number of aromatic amines is 1. The molecule has 1 aliphatic heterocycles. The van der Waals surface area contributed by atoms with Gasteiger partial charge in [0.1, 0.15) is 5.82 Å². The van der Waals surface area contributed by atoms with Crippen molar-refractivity contribution in [2.24, 2.45) is 5.73 Å². The van der Waals surface area contributed by atoms with Crippen molar-refractivity contribution < 1.29 is 4.39 Å². The quantitative estimate of drug-likeness (QED) is 0.482. The van der Waals surface area contributed by atoms with E-state index in [4.69, 9.17) is 5.73 Å². The Morgan fingerprint density at radius 1 is 1.21 bits per heavy atom. The average molecular weight is 385 g/mol. The van der Waals surface area contributed by atoms with Gasteiger partial charge >= 0.3 is 0 Å². The highest BCUT2D eigenvalue weighted by molar-refractivity contribution is 5.53. The van der Waals surface area contributed by atoms with Crippen LogP contribution in [0.15, 0.2) is 18.5 Å². The van der Waals surface area contributed by atoms with Crippen molar-refractivity contribution in [3.05, 3.63) is 35.8 Å². The van der Waals surface area contributed by atoms with Crippen molar-refractivity contribution in [2.75, 3.05) is 28.6 Å². The molecule has 5 N–H and O–H groups in total. The number of nitrogens with two attached hydrogens (primary N) is 1. The van der Waals surface area contributed by atoms with Crippen LogP contribution in [0, 0.1) is 12.7 Å². The molecule has 3 aromatic heterocycles. The molecule has 0 unspecified atom stereocenters. The lowest BCUT2D eigenvalue weighted by atomic mass is 10.1. The molecule has 0 bridgehead atoms. The fraction of sp³-hybridized carbons (Fsp3) is 0.375. The van der Waals surface area contributed by atoms with E-state index in [9.17, 15) is 4.39 Å². The summed E-state index contributed by atoms with van der Waals surface area (Å²) in [4.78, 5) is 23.2. The van der Waals surface area contributed by atoms with Gasteiger partial charge in [0.05, 0.1) is 18.4 Å². The Kier molecular flexibility index (Phi) is 4.69. The molecular formula is C16H20FN11. The highest BCUT2D eigenvalue weighted by Gasteiger charge is 2.27. The third kappa shape index (κ3) is 3.96. The normalized spacial score (nSPS) is 15.2. The maximum absolute atomic E-state index is 13.0. The van der Waals surface area contributed by atoms with E-state index in [0.717, 1.165) is 18.1 Å². The number of anilines is 4. The first kappa shape index (κ1) is 18.0. The maximum Gasteiger partial charge on any atom is 0.235 e. The first-order valence-electron chi connectivity index (χ1n) is 8.76. The lowest BCUT2D eigenvalue weighted by Gasteiger charge is -2.36. The molecule has 3 aromatic rings. The van der Waals surface area contributed by atoms with Gasteiger partial charge in [-0.05, 0) is 13.8 Å². The Balaban J connectivity index is 1.58. The monoisotopic (exact) mass is 385 g/mol. The Labute approximate surface area is 160 Å². The number of rotatable bonds is 6. The van der Waals surface area contributed by atoms with Gasteiger partial charge in [0, 0.05) is 30.9 Å². The largest absolute Gasteiger partial charge is 0.344 e. The van der Waals surface area contributed by atoms with Gasteiger partial charge in [-0.25, -0.2) is 14.4 Å². The standard InChI is InChI=1S/C16H20FN11/c1-8-3-12(27-26-8)22-15-23-14(24-16(25-15)28-6-11(18)7-28)21-9(2)13-19-4-10(17)5-20-13/h3-5,9,11H,6-7,18H2,1-2H3,(H3,21,22,23,24,25,26,27)/t9-/m0/s1. The number of H-pyrrole nitrogens is 1. The number of hydrogen-bond donors (Lipinski definition) is 4. The number of aromatic nitrogens is 7. The van der Waals surface area contributed by atoms with Gasteiger partial charge in [-0.1, -0.05) is 0 Å². The zero-order chi connectivity index (χ0) is 19.7. The van der Waals surface area contributed by atoms with Crippen LogP contribution in [-0.4, -0.2) is 54.2 Å². The van der Waals surface area contributed by atoms with Gasteiger partial charge in [-0.3, -0.25) is 5.10 Å². The van der Waals surface area contributed by atoms with Crippen LogP contribution in [-0.2, 0) is 0 Å². The lowest BCUT2D eigenvalue weighted by Crippen LogP contribution is -2.56. The van der Waals surface area contributed by atoms with Crippen LogP contribution in [0.4, 0.5) is 28.1 Å². The van der Waals surface area contributed by atoms with Crippen LogP contribution in [0.25, 0.3) is 0 Å². The van der Waals surface area contributed by atoms with Crippen molar-refractivity contribution in [1.29, 1.82) is 0 Å². The smallest absolute Gasteiger partial charge is 0.235 e. The summed E-state index contributed by atoms with van der Waals surface area (Å²) >= 11 is 0. The zero-order valence-corrected chi connectivity index (χ0v) is 15.4. The molecule has 12 heteroatoms. The Bertz CT molecular complexity index is 951. The molecular weight excluding hydrogens is 365 g/mol. The first-order chi connectivity index (χ1) is 13.5. The fourth-order valence-electron chi connectivity index (χ4n) is 2.70. The summed E-state index contributed by atoms with van der Waals surface area (Å²) in [6.07, 6.45) is 2.24. The molecule has 0 spiro atoms. The summed E-state index contributed by atoms with van der Waals surface area (Å²) < 4.78 is 13.0. The van der Waals surface area contributed by atoms with E-state index in [1.807, 2.05) is 24.8 Å². The van der Waals surface area contributed by atoms with Crippen molar-refractivity contribution in [3.63, 3.8) is 0 Å². The molecule has 146 valence electrons. The molecule has 1 atom stereocenters. The van der Waals surface area contributed by atoms with Gasteiger partial charge in [0.15, 0.2) is 11.6 Å². The molecule has 0 amide bonds. The second-order valence-corrected chi connectivity index (χ2v) is 6.63. The zero-order valence-electron chi connectivity index (χ0n) is 15.4. The van der Waals surface area contributed by atoms with E-state index in [2.05, 4.69) is 45.8 Å². The molecule has 0 aliphatic carbocycles. The molecule has 11 nitrogen and oxygen atoms in total. The molecule has 0 saturated carbocycles. The van der Waals surface area contributed by atoms with E-state index < -0.39 is 5.82 Å². The van der Waals surface area contributed by atoms with E-state index in [1.54, 1.807) is 0 Å². The Morgan fingerprint density at radius 3 is 2.57 bits per heavy atom. The summed E-state index contributed by atoms with van der Waals surface area (Å²) in [5.41, 5.74) is 6.78. The Morgan fingerprint density at radius 2 is 1.93 bits per heavy atom. The minimum Gasteiger partial charge on any atom is -0.344 e. The van der Waals surface area contributed by atoms with Crippen molar-refractivity contribution >= 4 is 23.7 Å². The molecule has 28 heavy (non-hydrogen) atoms. The summed E-state index contributed by atoms with van der Waals surface area (Å²) in [5, 5.41) is 13.2. The SMILES string of the molecule is Cc1cc(Nc2nc(N[C@@H](C)c3ncc(F)cn3)nc(N3CC(N)C3)n2)n[nH]1. The molecule has 1 saturated heterocycles. The minimum atomic E-state index is -0.492. The van der Waals surface area contributed by atoms with Crippen LogP contribution < -0.4 is 21.3 Å². The summed E-state index contributed by atoms with van der Waals surface area (Å²) in [6, 6.07) is 1.60. The van der Waals surface area contributed by atoms with Gasteiger partial charge in [0.2, 0.25) is 17.8 Å². The topological polar surface area (TPSA) is 146 Å². The van der Waals surface area contributed by atoms with Crippen LogP contribution in [0.3, 0.4) is 0 Å². The van der Waals surface area contributed by atoms with Gasteiger partial charge in [-0.2, -0.15) is 20.1 Å². The molecule has 0 aromatic carbocycles. The van der Waals surface area contributed by atoms with Gasteiger partial charge in [0.25, 0.3) is 0 Å². The minimum absolute atomic E-state index is 0.102. The first-order valence-corrected chi connectivity index (χ1v) is 8.76. The van der Waals surface area contributed by atoms with Crippen molar-refractivity contribution in [3.8, 4) is 0 Å².